The molecule has 88 valence electrons. The molecule has 3 heterocycles. The van der Waals surface area contributed by atoms with Crippen LogP contribution in [0.3, 0.4) is 0 Å². The van der Waals surface area contributed by atoms with Crippen molar-refractivity contribution in [2.45, 2.75) is 38.5 Å². The summed E-state index contributed by atoms with van der Waals surface area (Å²) in [6.07, 6.45) is 3.58. The molecule has 0 spiro atoms. The number of likely N-dealkylation sites (tertiary alicyclic amines) is 1. The molecule has 0 bridgehead atoms. The minimum atomic E-state index is 0.482. The normalized spacial score (nSPS) is 35.2. The number of piperidine rings is 1. The predicted octanol–water partition coefficient (Wildman–Crippen LogP) is 2.75. The minimum Gasteiger partial charge on any atom is -0.374 e. The topological polar surface area (TPSA) is 12.5 Å². The molecule has 0 radical (unpaired) electrons. The van der Waals surface area contributed by atoms with Gasteiger partial charge in [0.2, 0.25) is 0 Å². The Morgan fingerprint density at radius 1 is 1.56 bits per heavy atom. The lowest BCUT2D eigenvalue weighted by Gasteiger charge is -2.33. The highest BCUT2D eigenvalue weighted by Crippen LogP contribution is 2.33. The quantitative estimate of drug-likeness (QED) is 0.784. The molecule has 3 heteroatoms. The molecule has 2 nitrogen and oxygen atoms in total. The van der Waals surface area contributed by atoms with Crippen molar-refractivity contribution < 1.29 is 4.74 Å². The highest BCUT2D eigenvalue weighted by atomic mass is 32.1. The fourth-order valence-electron chi connectivity index (χ4n) is 3.02. The maximum absolute atomic E-state index is 5.98. The molecular formula is C13H19NOS. The smallest absolute Gasteiger partial charge is 0.0735 e. The number of ether oxygens (including phenoxy) is 1. The van der Waals surface area contributed by atoms with Crippen LogP contribution in [-0.4, -0.2) is 30.2 Å². The third kappa shape index (κ3) is 2.17. The van der Waals surface area contributed by atoms with Crippen LogP contribution in [0, 0.1) is 5.92 Å². The van der Waals surface area contributed by atoms with Gasteiger partial charge in [-0.25, -0.2) is 0 Å². The Kier molecular flexibility index (Phi) is 3.01. The third-order valence-corrected chi connectivity index (χ3v) is 4.54. The first-order valence-corrected chi connectivity index (χ1v) is 7.14. The molecule has 3 atom stereocenters. The second-order valence-corrected chi connectivity index (χ2v) is 5.92. The molecule has 0 unspecified atom stereocenters. The average Bonchev–Trinajstić information content (AvgIpc) is 2.85. The van der Waals surface area contributed by atoms with Crippen molar-refractivity contribution in [3.63, 3.8) is 0 Å². The van der Waals surface area contributed by atoms with Crippen LogP contribution < -0.4 is 0 Å². The third-order valence-electron chi connectivity index (χ3n) is 3.81. The molecule has 0 saturated carbocycles. The van der Waals surface area contributed by atoms with Gasteiger partial charge < -0.3 is 4.74 Å². The van der Waals surface area contributed by atoms with Gasteiger partial charge in [-0.3, -0.25) is 4.90 Å². The van der Waals surface area contributed by atoms with E-state index in [1.54, 1.807) is 11.3 Å². The van der Waals surface area contributed by atoms with Crippen LogP contribution in [0.15, 0.2) is 16.8 Å². The van der Waals surface area contributed by atoms with Crippen molar-refractivity contribution in [2.75, 3.05) is 13.1 Å². The SMILES string of the molecule is C[C@@H]1C[C@H]2CCN(Cc3ccsc3)C[C@@H]2O1. The summed E-state index contributed by atoms with van der Waals surface area (Å²) < 4.78 is 5.98. The fraction of sp³-hybridized carbons (Fsp3) is 0.692. The average molecular weight is 237 g/mol. The van der Waals surface area contributed by atoms with Gasteiger partial charge in [-0.1, -0.05) is 0 Å². The lowest BCUT2D eigenvalue weighted by Crippen LogP contribution is -2.41. The molecule has 0 aromatic carbocycles. The maximum atomic E-state index is 5.98. The molecule has 0 N–H and O–H groups in total. The van der Waals surface area contributed by atoms with Crippen LogP contribution in [0.25, 0.3) is 0 Å². The fourth-order valence-corrected chi connectivity index (χ4v) is 3.68. The van der Waals surface area contributed by atoms with Crippen molar-refractivity contribution in [3.8, 4) is 0 Å². The molecule has 1 aromatic heterocycles. The number of hydrogen-bond donors (Lipinski definition) is 0. The van der Waals surface area contributed by atoms with Crippen molar-refractivity contribution in [2.24, 2.45) is 5.92 Å². The van der Waals surface area contributed by atoms with Crippen LogP contribution in [0.5, 0.6) is 0 Å². The molecule has 2 aliphatic heterocycles. The van der Waals surface area contributed by atoms with Gasteiger partial charge in [0.25, 0.3) is 0 Å². The number of thiophene rings is 1. The van der Waals surface area contributed by atoms with E-state index >= 15 is 0 Å². The standard InChI is InChI=1S/C13H19NOS/c1-10-6-12-2-4-14(8-13(12)15-10)7-11-3-5-16-9-11/h3,5,9-10,12-13H,2,4,6-8H2,1H3/t10-,12-,13+/m1/s1. The second kappa shape index (κ2) is 4.47. The first kappa shape index (κ1) is 10.8. The van der Waals surface area contributed by atoms with Crippen molar-refractivity contribution in [3.05, 3.63) is 22.4 Å². The summed E-state index contributed by atoms with van der Waals surface area (Å²) in [4.78, 5) is 2.54. The lowest BCUT2D eigenvalue weighted by molar-refractivity contribution is -0.00273. The summed E-state index contributed by atoms with van der Waals surface area (Å²) in [5, 5.41) is 4.42. The Labute approximate surface area is 101 Å². The number of fused-ring (bicyclic) bond motifs is 1. The van der Waals surface area contributed by atoms with Gasteiger partial charge in [0.15, 0.2) is 0 Å². The van der Waals surface area contributed by atoms with Crippen LogP contribution in [0.4, 0.5) is 0 Å². The molecule has 16 heavy (non-hydrogen) atoms. The molecule has 0 aliphatic carbocycles. The molecule has 2 fully saturated rings. The van der Waals surface area contributed by atoms with E-state index in [9.17, 15) is 0 Å². The summed E-state index contributed by atoms with van der Waals surface area (Å²) in [5.74, 6) is 0.828. The van der Waals surface area contributed by atoms with Gasteiger partial charge in [-0.15, -0.1) is 0 Å². The zero-order chi connectivity index (χ0) is 11.0. The Morgan fingerprint density at radius 2 is 2.50 bits per heavy atom. The van der Waals surface area contributed by atoms with Crippen LogP contribution >= 0.6 is 11.3 Å². The Balaban J connectivity index is 1.59. The first-order chi connectivity index (χ1) is 7.81. The van der Waals surface area contributed by atoms with Crippen LogP contribution in [-0.2, 0) is 11.3 Å². The Bertz CT molecular complexity index is 338. The van der Waals surface area contributed by atoms with Gasteiger partial charge in [0, 0.05) is 13.1 Å². The van der Waals surface area contributed by atoms with Crippen molar-refractivity contribution >= 4 is 11.3 Å². The molecule has 2 aliphatic rings. The van der Waals surface area contributed by atoms with E-state index in [-0.39, 0.29) is 0 Å². The van der Waals surface area contributed by atoms with Crippen LogP contribution in [0.1, 0.15) is 25.3 Å². The summed E-state index contributed by atoms with van der Waals surface area (Å²) in [6, 6.07) is 2.23. The maximum Gasteiger partial charge on any atom is 0.0735 e. The molecule has 1 aromatic rings. The number of rotatable bonds is 2. The highest BCUT2D eigenvalue weighted by molar-refractivity contribution is 7.07. The zero-order valence-electron chi connectivity index (χ0n) is 9.76. The van der Waals surface area contributed by atoms with Gasteiger partial charge in [-0.05, 0) is 54.6 Å². The van der Waals surface area contributed by atoms with Gasteiger partial charge in [-0.2, -0.15) is 11.3 Å². The van der Waals surface area contributed by atoms with Gasteiger partial charge in [0.05, 0.1) is 12.2 Å². The lowest BCUT2D eigenvalue weighted by atomic mass is 9.92. The predicted molar refractivity (Wildman–Crippen MR) is 66.7 cm³/mol. The van der Waals surface area contributed by atoms with Crippen molar-refractivity contribution in [1.82, 2.24) is 4.90 Å². The van der Waals surface area contributed by atoms with E-state index < -0.39 is 0 Å². The van der Waals surface area contributed by atoms with E-state index in [2.05, 4.69) is 28.7 Å². The largest absolute Gasteiger partial charge is 0.374 e. The van der Waals surface area contributed by atoms with Gasteiger partial charge in [0.1, 0.15) is 0 Å². The molecule has 3 rings (SSSR count). The van der Waals surface area contributed by atoms with E-state index in [0.717, 1.165) is 19.0 Å². The van der Waals surface area contributed by atoms with E-state index in [0.29, 0.717) is 12.2 Å². The first-order valence-electron chi connectivity index (χ1n) is 6.20. The summed E-state index contributed by atoms with van der Waals surface area (Å²) in [5.41, 5.74) is 1.45. The molecular weight excluding hydrogens is 218 g/mol. The Hall–Kier alpha value is -0.380. The van der Waals surface area contributed by atoms with E-state index in [4.69, 9.17) is 4.74 Å². The number of nitrogens with zero attached hydrogens (tertiary/aromatic N) is 1. The monoisotopic (exact) mass is 237 g/mol. The minimum absolute atomic E-state index is 0.482. The van der Waals surface area contributed by atoms with Crippen LogP contribution in [0.2, 0.25) is 0 Å². The van der Waals surface area contributed by atoms with E-state index in [1.807, 2.05) is 0 Å². The molecule has 2 saturated heterocycles. The number of hydrogen-bond acceptors (Lipinski definition) is 3. The zero-order valence-corrected chi connectivity index (χ0v) is 10.6. The summed E-state index contributed by atoms with van der Waals surface area (Å²) >= 11 is 1.79. The Morgan fingerprint density at radius 3 is 3.31 bits per heavy atom. The van der Waals surface area contributed by atoms with Crippen molar-refractivity contribution in [1.29, 1.82) is 0 Å². The summed E-state index contributed by atoms with van der Waals surface area (Å²) in [6.45, 7) is 5.68. The molecule has 0 amide bonds. The second-order valence-electron chi connectivity index (χ2n) is 5.14. The van der Waals surface area contributed by atoms with E-state index in [1.165, 1.54) is 24.9 Å². The highest BCUT2D eigenvalue weighted by Gasteiger charge is 2.37. The summed E-state index contributed by atoms with van der Waals surface area (Å²) in [7, 11) is 0. The van der Waals surface area contributed by atoms with Gasteiger partial charge >= 0.3 is 0 Å².